The molecule has 0 bridgehead atoms. The van der Waals surface area contributed by atoms with Crippen molar-refractivity contribution in [1.82, 2.24) is 9.55 Å². The number of nitro groups is 1. The lowest BCUT2D eigenvalue weighted by Crippen LogP contribution is -2.30. The van der Waals surface area contributed by atoms with Crippen molar-refractivity contribution in [3.8, 4) is 0 Å². The predicted molar refractivity (Wildman–Crippen MR) is 122 cm³/mol. The Hall–Kier alpha value is -4.46. The van der Waals surface area contributed by atoms with Crippen molar-refractivity contribution >= 4 is 34.3 Å². The molecule has 1 atom stereocenters. The first kappa shape index (κ1) is 19.5. The van der Waals surface area contributed by atoms with E-state index >= 15 is 0 Å². The highest BCUT2D eigenvalue weighted by Gasteiger charge is 2.34. The lowest BCUT2D eigenvalue weighted by molar-refractivity contribution is -0.384. The van der Waals surface area contributed by atoms with Gasteiger partial charge in [-0.1, -0.05) is 30.3 Å². The average Bonchev–Trinajstić information content (AvgIpc) is 3.16. The third-order valence-electron chi connectivity index (χ3n) is 5.53. The molecule has 1 aromatic heterocycles. The molecule has 5 rings (SSSR count). The third-order valence-corrected chi connectivity index (χ3v) is 5.53. The number of non-ortho nitro benzene ring substituents is 1. The second-order valence-corrected chi connectivity index (χ2v) is 7.53. The molecular formula is C24H19N5O3. The summed E-state index contributed by atoms with van der Waals surface area (Å²) in [6, 6.07) is 22.7. The van der Waals surface area contributed by atoms with Gasteiger partial charge in [-0.25, -0.2) is 4.98 Å². The second-order valence-electron chi connectivity index (χ2n) is 7.53. The van der Waals surface area contributed by atoms with Crippen LogP contribution in [0.3, 0.4) is 0 Å². The van der Waals surface area contributed by atoms with Crippen LogP contribution in [0, 0.1) is 10.1 Å². The van der Waals surface area contributed by atoms with Gasteiger partial charge < -0.3 is 10.6 Å². The van der Waals surface area contributed by atoms with Crippen LogP contribution in [0.4, 0.5) is 17.3 Å². The normalized spacial score (nSPS) is 15.2. The molecule has 4 aromatic rings. The highest BCUT2D eigenvalue weighted by molar-refractivity contribution is 6.06. The summed E-state index contributed by atoms with van der Waals surface area (Å²) in [5.74, 6) is 0.358. The maximum atomic E-state index is 13.5. The summed E-state index contributed by atoms with van der Waals surface area (Å²) >= 11 is 0. The number of rotatable bonds is 4. The van der Waals surface area contributed by atoms with Gasteiger partial charge in [0.05, 0.1) is 27.6 Å². The number of hydrogen-bond acceptors (Lipinski definition) is 5. The molecule has 0 unspecified atom stereocenters. The molecule has 8 nitrogen and oxygen atoms in total. The molecule has 0 saturated carbocycles. The van der Waals surface area contributed by atoms with Crippen LogP contribution in [-0.2, 0) is 4.79 Å². The van der Waals surface area contributed by atoms with Gasteiger partial charge in [0.15, 0.2) is 0 Å². The minimum absolute atomic E-state index is 0.00520. The van der Waals surface area contributed by atoms with E-state index in [0.29, 0.717) is 22.9 Å². The predicted octanol–water partition coefficient (Wildman–Crippen LogP) is 4.87. The standard InChI is InChI=1S/C24H19N5O3/c1-15-21(23(30)26-17-7-3-2-4-8-17)22(16-11-13-18(14-12-16)29(31)32)28-20-10-6-5-9-19(20)27-24(28)25-15/h2-14,22H,1H3,(H,25,27)(H,26,30)/t22-/m1/s1. The van der Waals surface area contributed by atoms with Crippen LogP contribution >= 0.6 is 0 Å². The van der Waals surface area contributed by atoms with E-state index in [1.165, 1.54) is 12.1 Å². The highest BCUT2D eigenvalue weighted by atomic mass is 16.6. The molecule has 0 aliphatic carbocycles. The number of aromatic nitrogens is 2. The summed E-state index contributed by atoms with van der Waals surface area (Å²) < 4.78 is 1.96. The molecular weight excluding hydrogens is 406 g/mol. The molecule has 3 aromatic carbocycles. The Kier molecular flexibility index (Phi) is 4.67. The number of carbonyl (C=O) groups is 1. The first-order valence-corrected chi connectivity index (χ1v) is 10.1. The largest absolute Gasteiger partial charge is 0.329 e. The maximum Gasteiger partial charge on any atom is 0.269 e. The van der Waals surface area contributed by atoms with E-state index in [1.54, 1.807) is 12.1 Å². The van der Waals surface area contributed by atoms with Gasteiger partial charge in [0.1, 0.15) is 0 Å². The molecule has 0 spiro atoms. The van der Waals surface area contributed by atoms with Crippen LogP contribution in [0.25, 0.3) is 11.0 Å². The average molecular weight is 425 g/mol. The van der Waals surface area contributed by atoms with Crippen LogP contribution in [0.15, 0.2) is 90.1 Å². The summed E-state index contributed by atoms with van der Waals surface area (Å²) in [4.78, 5) is 28.9. The number of benzene rings is 3. The van der Waals surface area contributed by atoms with Crippen LogP contribution in [0.1, 0.15) is 18.5 Å². The lowest BCUT2D eigenvalue weighted by Gasteiger charge is -2.30. The Morgan fingerprint density at radius 2 is 1.72 bits per heavy atom. The van der Waals surface area contributed by atoms with E-state index in [-0.39, 0.29) is 11.6 Å². The zero-order valence-electron chi connectivity index (χ0n) is 17.1. The smallest absolute Gasteiger partial charge is 0.269 e. The zero-order chi connectivity index (χ0) is 22.2. The van der Waals surface area contributed by atoms with Gasteiger partial charge in [0.2, 0.25) is 5.95 Å². The van der Waals surface area contributed by atoms with Crippen molar-refractivity contribution in [3.05, 3.63) is 106 Å². The zero-order valence-corrected chi connectivity index (χ0v) is 17.1. The molecule has 1 aliphatic rings. The Labute approximate surface area is 183 Å². The molecule has 0 fully saturated rings. The van der Waals surface area contributed by atoms with Gasteiger partial charge in [-0.3, -0.25) is 19.5 Å². The van der Waals surface area contributed by atoms with Crippen LogP contribution in [0.5, 0.6) is 0 Å². The summed E-state index contributed by atoms with van der Waals surface area (Å²) in [7, 11) is 0. The fourth-order valence-electron chi connectivity index (χ4n) is 4.07. The first-order valence-electron chi connectivity index (χ1n) is 10.1. The number of carbonyl (C=O) groups excluding carboxylic acids is 1. The van der Waals surface area contributed by atoms with E-state index < -0.39 is 11.0 Å². The van der Waals surface area contributed by atoms with E-state index in [2.05, 4.69) is 15.6 Å². The number of amides is 1. The molecule has 2 heterocycles. The van der Waals surface area contributed by atoms with Crippen molar-refractivity contribution in [3.63, 3.8) is 0 Å². The SMILES string of the molecule is CC1=C(C(=O)Nc2ccccc2)[C@@H](c2ccc([N+](=O)[O-])cc2)n2c(nc3ccccc32)N1. The number of allylic oxidation sites excluding steroid dienone is 1. The van der Waals surface area contributed by atoms with Gasteiger partial charge in [-0.15, -0.1) is 0 Å². The molecule has 0 saturated heterocycles. The molecule has 2 N–H and O–H groups in total. The lowest BCUT2D eigenvalue weighted by atomic mass is 9.94. The van der Waals surface area contributed by atoms with E-state index in [1.807, 2.05) is 66.1 Å². The fourth-order valence-corrected chi connectivity index (χ4v) is 4.07. The quantitative estimate of drug-likeness (QED) is 0.359. The summed E-state index contributed by atoms with van der Waals surface area (Å²) in [6.45, 7) is 1.83. The van der Waals surface area contributed by atoms with Crippen LogP contribution < -0.4 is 10.6 Å². The second kappa shape index (κ2) is 7.66. The van der Waals surface area contributed by atoms with Gasteiger partial charge in [0, 0.05) is 23.5 Å². The summed E-state index contributed by atoms with van der Waals surface area (Å²) in [6.07, 6.45) is 0. The monoisotopic (exact) mass is 425 g/mol. The van der Waals surface area contributed by atoms with E-state index in [9.17, 15) is 14.9 Å². The third kappa shape index (κ3) is 3.27. The highest BCUT2D eigenvalue weighted by Crippen LogP contribution is 2.39. The van der Waals surface area contributed by atoms with Gasteiger partial charge in [-0.2, -0.15) is 0 Å². The number of fused-ring (bicyclic) bond motifs is 3. The number of para-hydroxylation sites is 3. The number of hydrogen-bond donors (Lipinski definition) is 2. The van der Waals surface area contributed by atoms with E-state index in [0.717, 1.165) is 16.6 Å². The molecule has 32 heavy (non-hydrogen) atoms. The topological polar surface area (TPSA) is 102 Å². The van der Waals surface area contributed by atoms with Gasteiger partial charge >= 0.3 is 0 Å². The molecule has 0 radical (unpaired) electrons. The van der Waals surface area contributed by atoms with Crippen molar-refractivity contribution < 1.29 is 9.72 Å². The number of nitro benzene ring substituents is 1. The van der Waals surface area contributed by atoms with Gasteiger partial charge in [0.25, 0.3) is 11.6 Å². The Morgan fingerprint density at radius 3 is 2.44 bits per heavy atom. The molecule has 1 amide bonds. The number of nitrogens with zero attached hydrogens (tertiary/aromatic N) is 3. The molecule has 158 valence electrons. The van der Waals surface area contributed by atoms with E-state index in [4.69, 9.17) is 0 Å². The maximum absolute atomic E-state index is 13.5. The summed E-state index contributed by atoms with van der Waals surface area (Å²) in [5.41, 5.74) is 4.26. The number of anilines is 2. The minimum atomic E-state index is -0.511. The first-order chi connectivity index (χ1) is 15.5. The number of nitrogens with one attached hydrogen (secondary N) is 2. The molecule has 1 aliphatic heterocycles. The summed E-state index contributed by atoms with van der Waals surface area (Å²) in [5, 5.41) is 17.4. The number of imidazole rings is 1. The Bertz CT molecular complexity index is 1370. The van der Waals surface area contributed by atoms with Crippen LogP contribution in [-0.4, -0.2) is 20.4 Å². The molecule has 8 heteroatoms. The Balaban J connectivity index is 1.67. The van der Waals surface area contributed by atoms with Gasteiger partial charge in [-0.05, 0) is 48.9 Å². The Morgan fingerprint density at radius 1 is 1.03 bits per heavy atom. The van der Waals surface area contributed by atoms with Crippen molar-refractivity contribution in [2.45, 2.75) is 13.0 Å². The van der Waals surface area contributed by atoms with Crippen LogP contribution in [0.2, 0.25) is 0 Å². The van der Waals surface area contributed by atoms with Crippen molar-refractivity contribution in [2.24, 2.45) is 0 Å². The van der Waals surface area contributed by atoms with Crippen molar-refractivity contribution in [1.29, 1.82) is 0 Å². The minimum Gasteiger partial charge on any atom is -0.329 e. The van der Waals surface area contributed by atoms with Crippen molar-refractivity contribution in [2.75, 3.05) is 10.6 Å². The fraction of sp³-hybridized carbons (Fsp3) is 0.0833.